The minimum atomic E-state index is -0.574. The fraction of sp³-hybridized carbons (Fsp3) is 0.706. The lowest BCUT2D eigenvalue weighted by Crippen LogP contribution is -2.46. The highest BCUT2D eigenvalue weighted by Gasteiger charge is 2.31. The van der Waals surface area contributed by atoms with Gasteiger partial charge in [0.25, 0.3) is 5.91 Å². The molecule has 0 saturated carbocycles. The van der Waals surface area contributed by atoms with Crippen LogP contribution in [0.25, 0.3) is 0 Å². The molecule has 4 heteroatoms. The Morgan fingerprint density at radius 1 is 1.38 bits per heavy atom. The van der Waals surface area contributed by atoms with Crippen molar-refractivity contribution < 1.29 is 9.90 Å². The molecule has 2 N–H and O–H groups in total. The van der Waals surface area contributed by atoms with E-state index in [-0.39, 0.29) is 12.5 Å². The van der Waals surface area contributed by atoms with Crippen molar-refractivity contribution in [3.8, 4) is 0 Å². The zero-order valence-electron chi connectivity index (χ0n) is 13.7. The summed E-state index contributed by atoms with van der Waals surface area (Å²) in [7, 11) is 0. The van der Waals surface area contributed by atoms with E-state index in [9.17, 15) is 9.90 Å². The fourth-order valence-electron chi connectivity index (χ4n) is 2.78. The van der Waals surface area contributed by atoms with Gasteiger partial charge in [-0.2, -0.15) is 0 Å². The quantitative estimate of drug-likeness (QED) is 0.899. The lowest BCUT2D eigenvalue weighted by Gasteiger charge is -2.33. The summed E-state index contributed by atoms with van der Waals surface area (Å²) in [4.78, 5) is 14.4. The largest absolute Gasteiger partial charge is 0.394 e. The molecule has 3 nitrogen and oxygen atoms in total. The highest BCUT2D eigenvalue weighted by molar-refractivity contribution is 7.14. The smallest absolute Gasteiger partial charge is 0.261 e. The summed E-state index contributed by atoms with van der Waals surface area (Å²) in [5, 5.41) is 12.2. The average Bonchev–Trinajstić information content (AvgIpc) is 2.80. The highest BCUT2D eigenvalue weighted by atomic mass is 32.1. The predicted octanol–water partition coefficient (Wildman–Crippen LogP) is 3.40. The number of amides is 1. The van der Waals surface area contributed by atoms with Gasteiger partial charge in [-0.1, -0.05) is 20.8 Å². The van der Waals surface area contributed by atoms with Crippen molar-refractivity contribution >= 4 is 17.2 Å². The summed E-state index contributed by atoms with van der Waals surface area (Å²) in [6.07, 6.45) is 3.37. The maximum atomic E-state index is 12.3. The van der Waals surface area contributed by atoms with E-state index in [4.69, 9.17) is 0 Å². The van der Waals surface area contributed by atoms with Crippen molar-refractivity contribution in [2.75, 3.05) is 6.61 Å². The van der Waals surface area contributed by atoms with Crippen LogP contribution >= 0.6 is 11.3 Å². The predicted molar refractivity (Wildman–Crippen MR) is 87.9 cm³/mol. The Bertz CT molecular complexity index is 525. The summed E-state index contributed by atoms with van der Waals surface area (Å²) in [5.74, 6) is 0.616. The molecule has 0 saturated heterocycles. The molecule has 0 radical (unpaired) electrons. The second-order valence-corrected chi connectivity index (χ2v) is 9.00. The molecule has 118 valence electrons. The number of carbonyl (C=O) groups is 1. The second-order valence-electron chi connectivity index (χ2n) is 7.86. The molecule has 1 aromatic rings. The van der Waals surface area contributed by atoms with Gasteiger partial charge in [-0.05, 0) is 56.1 Å². The minimum Gasteiger partial charge on any atom is -0.394 e. The van der Waals surface area contributed by atoms with E-state index in [0.29, 0.717) is 11.3 Å². The zero-order valence-corrected chi connectivity index (χ0v) is 14.6. The van der Waals surface area contributed by atoms with E-state index in [2.05, 4.69) is 32.2 Å². The molecule has 0 fully saturated rings. The Labute approximate surface area is 131 Å². The molecular weight excluding hydrogens is 282 g/mol. The molecule has 1 unspecified atom stereocenters. The molecule has 0 spiro atoms. The zero-order chi connectivity index (χ0) is 15.8. The molecular formula is C17H27NO2S. The Morgan fingerprint density at radius 3 is 2.62 bits per heavy atom. The summed E-state index contributed by atoms with van der Waals surface area (Å²) in [5.41, 5.74) is 1.09. The van der Waals surface area contributed by atoms with Crippen molar-refractivity contribution in [3.05, 3.63) is 21.4 Å². The monoisotopic (exact) mass is 309 g/mol. The molecule has 1 heterocycles. The summed E-state index contributed by atoms with van der Waals surface area (Å²) < 4.78 is 0. The van der Waals surface area contributed by atoms with Gasteiger partial charge in [0.15, 0.2) is 0 Å². The third-order valence-corrected chi connectivity index (χ3v) is 5.61. The minimum absolute atomic E-state index is 0.0596. The van der Waals surface area contributed by atoms with Gasteiger partial charge in [0, 0.05) is 4.88 Å². The van der Waals surface area contributed by atoms with E-state index in [1.807, 2.05) is 13.8 Å². The van der Waals surface area contributed by atoms with Crippen molar-refractivity contribution in [3.63, 3.8) is 0 Å². The van der Waals surface area contributed by atoms with Crippen LogP contribution in [0.15, 0.2) is 6.07 Å². The summed E-state index contributed by atoms with van der Waals surface area (Å²) in [6.45, 7) is 10.5. The van der Waals surface area contributed by atoms with Crippen LogP contribution in [0.4, 0.5) is 0 Å². The Morgan fingerprint density at radius 2 is 2.05 bits per heavy atom. The van der Waals surface area contributed by atoms with E-state index < -0.39 is 5.54 Å². The molecule has 0 aromatic carbocycles. The molecule has 21 heavy (non-hydrogen) atoms. The van der Waals surface area contributed by atoms with Crippen LogP contribution < -0.4 is 5.32 Å². The van der Waals surface area contributed by atoms with Crippen LogP contribution in [0.5, 0.6) is 0 Å². The van der Waals surface area contributed by atoms with Crippen LogP contribution in [0.3, 0.4) is 0 Å². The second kappa shape index (κ2) is 5.73. The van der Waals surface area contributed by atoms with Crippen LogP contribution in [-0.4, -0.2) is 23.2 Å². The van der Waals surface area contributed by atoms with Crippen molar-refractivity contribution in [1.29, 1.82) is 0 Å². The molecule has 1 atom stereocenters. The number of fused-ring (bicyclic) bond motifs is 1. The van der Waals surface area contributed by atoms with Crippen LogP contribution in [0, 0.1) is 11.3 Å². The van der Waals surface area contributed by atoms with Gasteiger partial charge in [-0.3, -0.25) is 4.79 Å². The van der Waals surface area contributed by atoms with E-state index >= 15 is 0 Å². The summed E-state index contributed by atoms with van der Waals surface area (Å²) in [6, 6.07) is 2.06. The number of aliphatic hydroxyl groups excluding tert-OH is 1. The number of aryl methyl sites for hydroxylation is 1. The van der Waals surface area contributed by atoms with Gasteiger partial charge >= 0.3 is 0 Å². The molecule has 1 amide bonds. The Hall–Kier alpha value is -0.870. The molecule has 0 bridgehead atoms. The van der Waals surface area contributed by atoms with Crippen LogP contribution in [-0.2, 0) is 12.8 Å². The number of rotatable bonds is 3. The number of hydrogen-bond donors (Lipinski definition) is 2. The fourth-order valence-corrected chi connectivity index (χ4v) is 3.89. The normalized spacial score (nSPS) is 19.2. The third-order valence-electron chi connectivity index (χ3n) is 4.38. The van der Waals surface area contributed by atoms with E-state index in [1.54, 1.807) is 11.3 Å². The van der Waals surface area contributed by atoms with Crippen molar-refractivity contribution in [2.24, 2.45) is 11.3 Å². The lowest BCUT2D eigenvalue weighted by atomic mass is 9.72. The first kappa shape index (κ1) is 16.5. The van der Waals surface area contributed by atoms with E-state index in [0.717, 1.165) is 17.7 Å². The lowest BCUT2D eigenvalue weighted by molar-refractivity contribution is 0.0873. The van der Waals surface area contributed by atoms with Gasteiger partial charge in [0.05, 0.1) is 17.0 Å². The molecule has 2 rings (SSSR count). The Balaban J connectivity index is 2.13. The molecule has 1 aliphatic carbocycles. The van der Waals surface area contributed by atoms with Gasteiger partial charge in [-0.25, -0.2) is 0 Å². The first-order valence-corrected chi connectivity index (χ1v) is 8.49. The number of carbonyl (C=O) groups excluding carboxylic acids is 1. The molecule has 1 aliphatic rings. The number of hydrogen-bond acceptors (Lipinski definition) is 3. The van der Waals surface area contributed by atoms with Crippen molar-refractivity contribution in [1.82, 2.24) is 5.32 Å². The number of aliphatic hydroxyl groups is 1. The Kier molecular flexibility index (Phi) is 4.50. The van der Waals surface area contributed by atoms with Crippen LogP contribution in [0.1, 0.15) is 61.2 Å². The van der Waals surface area contributed by atoms with Gasteiger partial charge in [0.2, 0.25) is 0 Å². The standard InChI is InChI=1S/C17H27NO2S/c1-16(2,3)12-6-7-13-11(8-12)9-14(21-13)15(20)18-17(4,5)10-19/h9,12,19H,6-8,10H2,1-5H3,(H,18,20). The molecule has 1 aromatic heterocycles. The van der Waals surface area contributed by atoms with Crippen LogP contribution in [0.2, 0.25) is 0 Å². The van der Waals surface area contributed by atoms with Gasteiger partial charge < -0.3 is 10.4 Å². The van der Waals surface area contributed by atoms with Gasteiger partial charge in [0.1, 0.15) is 0 Å². The van der Waals surface area contributed by atoms with Gasteiger partial charge in [-0.15, -0.1) is 11.3 Å². The highest BCUT2D eigenvalue weighted by Crippen LogP contribution is 2.40. The first-order chi connectivity index (χ1) is 9.62. The summed E-state index contributed by atoms with van der Waals surface area (Å²) >= 11 is 1.61. The average molecular weight is 309 g/mol. The topological polar surface area (TPSA) is 49.3 Å². The first-order valence-electron chi connectivity index (χ1n) is 7.67. The van der Waals surface area contributed by atoms with Crippen molar-refractivity contribution in [2.45, 2.75) is 59.4 Å². The number of nitrogens with one attached hydrogen (secondary N) is 1. The SMILES string of the molecule is CC(C)(CO)NC(=O)c1cc2c(s1)CCC(C(C)(C)C)C2. The maximum absolute atomic E-state index is 12.3. The molecule has 0 aliphatic heterocycles. The third kappa shape index (κ3) is 3.86. The number of thiophene rings is 1. The van der Waals surface area contributed by atoms with E-state index in [1.165, 1.54) is 16.9 Å². The maximum Gasteiger partial charge on any atom is 0.261 e.